The number of nitrogens with zero attached hydrogens (tertiary/aromatic N) is 3. The lowest BCUT2D eigenvalue weighted by molar-refractivity contribution is 0.252. The summed E-state index contributed by atoms with van der Waals surface area (Å²) in [4.78, 5) is 20.6. The summed E-state index contributed by atoms with van der Waals surface area (Å²) < 4.78 is 1.92. The monoisotopic (exact) mass is 336 g/mol. The number of para-hydroxylation sites is 1. The van der Waals surface area contributed by atoms with Crippen LogP contribution in [0.15, 0.2) is 60.9 Å². The SMILES string of the molecule is Cc1nc(NCCNC(=O)Nc2ccccc2)cc(-n2cccc2)n1. The molecule has 3 aromatic rings. The Morgan fingerprint density at radius 1 is 1.04 bits per heavy atom. The Morgan fingerprint density at radius 3 is 2.56 bits per heavy atom. The fraction of sp³-hybridized carbons (Fsp3) is 0.167. The van der Waals surface area contributed by atoms with Crippen LogP contribution in [0.1, 0.15) is 5.82 Å². The lowest BCUT2D eigenvalue weighted by Gasteiger charge is -2.10. The predicted octanol–water partition coefficient (Wildman–Crippen LogP) is 2.81. The molecule has 7 nitrogen and oxygen atoms in total. The van der Waals surface area contributed by atoms with Crippen LogP contribution in [0, 0.1) is 6.92 Å². The molecule has 3 rings (SSSR count). The van der Waals surface area contributed by atoms with E-state index >= 15 is 0 Å². The standard InChI is InChI=1S/C18H20N6O/c1-14-21-16(13-17(22-14)24-11-5-6-12-24)19-9-10-20-18(25)23-15-7-3-2-4-8-15/h2-8,11-13H,9-10H2,1H3,(H,19,21,22)(H2,20,23,25). The predicted molar refractivity (Wildman–Crippen MR) is 98.0 cm³/mol. The van der Waals surface area contributed by atoms with Crippen molar-refractivity contribution in [2.75, 3.05) is 23.7 Å². The van der Waals surface area contributed by atoms with Crippen LogP contribution in [-0.2, 0) is 0 Å². The van der Waals surface area contributed by atoms with Gasteiger partial charge in [-0.1, -0.05) is 18.2 Å². The molecule has 0 aliphatic carbocycles. The first-order valence-corrected chi connectivity index (χ1v) is 8.03. The Balaban J connectivity index is 1.48. The Morgan fingerprint density at radius 2 is 1.80 bits per heavy atom. The summed E-state index contributed by atoms with van der Waals surface area (Å²) in [5.74, 6) is 2.21. The largest absolute Gasteiger partial charge is 0.368 e. The second-order valence-electron chi connectivity index (χ2n) is 5.42. The fourth-order valence-electron chi connectivity index (χ4n) is 2.33. The molecule has 2 heterocycles. The number of hydrogen-bond acceptors (Lipinski definition) is 4. The maximum atomic E-state index is 11.8. The summed E-state index contributed by atoms with van der Waals surface area (Å²) in [5, 5.41) is 8.77. The van der Waals surface area contributed by atoms with Gasteiger partial charge in [-0.3, -0.25) is 0 Å². The number of benzene rings is 1. The molecule has 1 aromatic carbocycles. The molecule has 2 aromatic heterocycles. The number of anilines is 2. The van der Waals surface area contributed by atoms with E-state index < -0.39 is 0 Å². The van der Waals surface area contributed by atoms with Crippen LogP contribution in [0.2, 0.25) is 0 Å². The topological polar surface area (TPSA) is 83.9 Å². The zero-order valence-corrected chi connectivity index (χ0v) is 13.9. The van der Waals surface area contributed by atoms with Crippen molar-refractivity contribution < 1.29 is 4.79 Å². The molecule has 0 fully saturated rings. The van der Waals surface area contributed by atoms with E-state index in [9.17, 15) is 4.79 Å². The van der Waals surface area contributed by atoms with Gasteiger partial charge in [-0.05, 0) is 31.2 Å². The first kappa shape index (κ1) is 16.5. The van der Waals surface area contributed by atoms with E-state index in [0.717, 1.165) is 17.3 Å². The quantitative estimate of drug-likeness (QED) is 0.604. The Bertz CT molecular complexity index is 817. The molecular weight excluding hydrogens is 316 g/mol. The fourth-order valence-corrected chi connectivity index (χ4v) is 2.33. The van der Waals surface area contributed by atoms with Gasteiger partial charge in [-0.15, -0.1) is 0 Å². The van der Waals surface area contributed by atoms with Gasteiger partial charge in [0.15, 0.2) is 0 Å². The number of urea groups is 1. The molecule has 25 heavy (non-hydrogen) atoms. The molecule has 0 bridgehead atoms. The highest BCUT2D eigenvalue weighted by Gasteiger charge is 2.04. The van der Waals surface area contributed by atoms with E-state index in [4.69, 9.17) is 0 Å². The number of amides is 2. The van der Waals surface area contributed by atoms with Crippen molar-refractivity contribution in [1.29, 1.82) is 0 Å². The molecule has 7 heteroatoms. The van der Waals surface area contributed by atoms with Gasteiger partial charge in [-0.2, -0.15) is 0 Å². The molecule has 0 aliphatic heterocycles. The summed E-state index contributed by atoms with van der Waals surface area (Å²) in [7, 11) is 0. The van der Waals surface area contributed by atoms with Crippen LogP contribution in [0.25, 0.3) is 5.82 Å². The van der Waals surface area contributed by atoms with Gasteiger partial charge in [0.1, 0.15) is 17.5 Å². The molecule has 0 saturated heterocycles. The zero-order chi connectivity index (χ0) is 17.5. The summed E-state index contributed by atoms with van der Waals surface area (Å²) in [6, 6.07) is 14.8. The number of hydrogen-bond donors (Lipinski definition) is 3. The first-order valence-electron chi connectivity index (χ1n) is 8.03. The smallest absolute Gasteiger partial charge is 0.319 e. The van der Waals surface area contributed by atoms with E-state index in [0.29, 0.717) is 18.9 Å². The van der Waals surface area contributed by atoms with Crippen molar-refractivity contribution in [3.8, 4) is 5.82 Å². The van der Waals surface area contributed by atoms with E-state index in [1.54, 1.807) is 0 Å². The van der Waals surface area contributed by atoms with Gasteiger partial charge < -0.3 is 20.5 Å². The lowest BCUT2D eigenvalue weighted by Crippen LogP contribution is -2.32. The van der Waals surface area contributed by atoms with E-state index in [2.05, 4.69) is 25.9 Å². The maximum absolute atomic E-state index is 11.8. The first-order chi connectivity index (χ1) is 12.2. The number of carbonyl (C=O) groups is 1. The summed E-state index contributed by atoms with van der Waals surface area (Å²) in [6.45, 7) is 2.88. The molecule has 0 radical (unpaired) electrons. The molecule has 2 amide bonds. The summed E-state index contributed by atoms with van der Waals surface area (Å²) in [6.07, 6.45) is 3.86. The second-order valence-corrected chi connectivity index (χ2v) is 5.42. The highest BCUT2D eigenvalue weighted by Crippen LogP contribution is 2.11. The zero-order valence-electron chi connectivity index (χ0n) is 13.9. The van der Waals surface area contributed by atoms with Crippen molar-refractivity contribution in [3.63, 3.8) is 0 Å². The molecule has 0 spiro atoms. The number of aromatic nitrogens is 3. The molecule has 0 atom stereocenters. The van der Waals surface area contributed by atoms with Crippen LogP contribution in [-0.4, -0.2) is 33.7 Å². The number of carbonyl (C=O) groups excluding carboxylic acids is 1. The van der Waals surface area contributed by atoms with Gasteiger partial charge in [0.05, 0.1) is 0 Å². The van der Waals surface area contributed by atoms with E-state index in [1.807, 2.05) is 72.4 Å². The van der Waals surface area contributed by atoms with Gasteiger partial charge in [0, 0.05) is 37.2 Å². The molecule has 3 N–H and O–H groups in total. The lowest BCUT2D eigenvalue weighted by atomic mass is 10.3. The normalized spacial score (nSPS) is 10.3. The van der Waals surface area contributed by atoms with Gasteiger partial charge >= 0.3 is 6.03 Å². The minimum Gasteiger partial charge on any atom is -0.368 e. The molecule has 0 saturated carbocycles. The van der Waals surface area contributed by atoms with Crippen LogP contribution in [0.5, 0.6) is 0 Å². The maximum Gasteiger partial charge on any atom is 0.319 e. The summed E-state index contributed by atoms with van der Waals surface area (Å²) >= 11 is 0. The highest BCUT2D eigenvalue weighted by atomic mass is 16.2. The van der Waals surface area contributed by atoms with Crippen LogP contribution in [0.3, 0.4) is 0 Å². The van der Waals surface area contributed by atoms with Crippen LogP contribution in [0.4, 0.5) is 16.3 Å². The molecule has 128 valence electrons. The van der Waals surface area contributed by atoms with Crippen molar-refractivity contribution >= 4 is 17.5 Å². The molecular formula is C18H20N6O. The second kappa shape index (κ2) is 7.96. The van der Waals surface area contributed by atoms with Crippen molar-refractivity contribution in [1.82, 2.24) is 19.9 Å². The number of rotatable bonds is 6. The Kier molecular flexibility index (Phi) is 5.26. The third-order valence-electron chi connectivity index (χ3n) is 3.44. The summed E-state index contributed by atoms with van der Waals surface area (Å²) in [5.41, 5.74) is 0.760. The van der Waals surface area contributed by atoms with Gasteiger partial charge in [-0.25, -0.2) is 14.8 Å². The number of nitrogens with one attached hydrogen (secondary N) is 3. The highest BCUT2D eigenvalue weighted by molar-refractivity contribution is 5.89. The van der Waals surface area contributed by atoms with Crippen molar-refractivity contribution in [3.05, 3.63) is 66.7 Å². The van der Waals surface area contributed by atoms with Gasteiger partial charge in [0.2, 0.25) is 0 Å². The average molecular weight is 336 g/mol. The van der Waals surface area contributed by atoms with Crippen molar-refractivity contribution in [2.24, 2.45) is 0 Å². The number of aryl methyl sites for hydroxylation is 1. The van der Waals surface area contributed by atoms with Crippen LogP contribution < -0.4 is 16.0 Å². The van der Waals surface area contributed by atoms with E-state index in [1.165, 1.54) is 0 Å². The third kappa shape index (κ3) is 4.81. The van der Waals surface area contributed by atoms with Crippen LogP contribution >= 0.6 is 0 Å². The van der Waals surface area contributed by atoms with Crippen molar-refractivity contribution in [2.45, 2.75) is 6.92 Å². The molecule has 0 unspecified atom stereocenters. The molecule has 0 aliphatic rings. The minimum atomic E-state index is -0.236. The Hall–Kier alpha value is -3.35. The average Bonchev–Trinajstić information content (AvgIpc) is 3.14. The Labute approximate surface area is 146 Å². The third-order valence-corrected chi connectivity index (χ3v) is 3.44. The van der Waals surface area contributed by atoms with Gasteiger partial charge in [0.25, 0.3) is 0 Å². The minimum absolute atomic E-state index is 0.236. The van der Waals surface area contributed by atoms with E-state index in [-0.39, 0.29) is 6.03 Å².